The summed E-state index contributed by atoms with van der Waals surface area (Å²) >= 11 is 0. The number of fused-ring (bicyclic) bond motifs is 3. The highest BCUT2D eigenvalue weighted by Crippen LogP contribution is 2.58. The van der Waals surface area contributed by atoms with Crippen LogP contribution in [0.25, 0.3) is 0 Å². The molecule has 1 aliphatic heterocycles. The number of benzene rings is 1. The molecule has 1 aromatic carbocycles. The Kier molecular flexibility index (Phi) is 3.37. The van der Waals surface area contributed by atoms with Crippen LogP contribution in [0.4, 0.5) is 5.69 Å². The Hall–Kier alpha value is -2.04. The number of anilines is 1. The minimum Gasteiger partial charge on any atom is -0.466 e. The van der Waals surface area contributed by atoms with Gasteiger partial charge in [-0.2, -0.15) is 0 Å². The molecule has 128 valence electrons. The number of hydrogen-bond acceptors (Lipinski definition) is 4. The van der Waals surface area contributed by atoms with Crippen LogP contribution in [0.5, 0.6) is 0 Å². The van der Waals surface area contributed by atoms with E-state index in [1.54, 1.807) is 0 Å². The highest BCUT2D eigenvalue weighted by atomic mass is 16.5. The maximum absolute atomic E-state index is 12.6. The number of hydrogen-bond donors (Lipinski definition) is 2. The summed E-state index contributed by atoms with van der Waals surface area (Å²) < 4.78 is 5.31. The van der Waals surface area contributed by atoms with Crippen molar-refractivity contribution in [1.82, 2.24) is 5.32 Å². The lowest BCUT2D eigenvalue weighted by molar-refractivity contribution is -0.163. The molecule has 0 saturated heterocycles. The van der Waals surface area contributed by atoms with Crippen molar-refractivity contribution < 1.29 is 14.3 Å². The Balaban J connectivity index is 1.66. The summed E-state index contributed by atoms with van der Waals surface area (Å²) in [6.07, 6.45) is 3.54. The van der Waals surface area contributed by atoms with Crippen LogP contribution in [-0.4, -0.2) is 24.1 Å². The summed E-state index contributed by atoms with van der Waals surface area (Å²) in [7, 11) is 0. The molecule has 1 amide bonds. The SMILES string of the molecule is CCOC(=O)C1CC2CCC1(C)C[C@]21NC(=O)c2ccccc2N1. The van der Waals surface area contributed by atoms with E-state index in [1.807, 2.05) is 31.2 Å². The number of esters is 1. The lowest BCUT2D eigenvalue weighted by Crippen LogP contribution is -2.69. The molecule has 0 aromatic heterocycles. The minimum atomic E-state index is -0.443. The van der Waals surface area contributed by atoms with Crippen LogP contribution in [0.15, 0.2) is 24.3 Å². The average Bonchev–Trinajstić information content (AvgIpc) is 2.54. The first-order chi connectivity index (χ1) is 11.5. The molecule has 1 spiro atoms. The van der Waals surface area contributed by atoms with Gasteiger partial charge in [0.15, 0.2) is 0 Å². The van der Waals surface area contributed by atoms with Gasteiger partial charge in [-0.1, -0.05) is 19.1 Å². The Morgan fingerprint density at radius 3 is 2.88 bits per heavy atom. The van der Waals surface area contributed by atoms with Crippen molar-refractivity contribution >= 4 is 17.6 Å². The molecule has 2 N–H and O–H groups in total. The van der Waals surface area contributed by atoms with E-state index in [9.17, 15) is 9.59 Å². The zero-order valence-corrected chi connectivity index (χ0v) is 14.2. The van der Waals surface area contributed by atoms with E-state index in [2.05, 4.69) is 17.6 Å². The number of amides is 1. The van der Waals surface area contributed by atoms with E-state index in [4.69, 9.17) is 4.74 Å². The number of ether oxygens (including phenoxy) is 1. The van der Waals surface area contributed by atoms with Gasteiger partial charge in [0.1, 0.15) is 5.66 Å². The first-order valence-corrected chi connectivity index (χ1v) is 8.84. The first kappa shape index (κ1) is 15.5. The fraction of sp³-hybridized carbons (Fsp3) is 0.579. The van der Waals surface area contributed by atoms with Crippen LogP contribution < -0.4 is 10.6 Å². The molecule has 5 nitrogen and oxygen atoms in total. The van der Waals surface area contributed by atoms with Gasteiger partial charge in [-0.25, -0.2) is 0 Å². The number of nitrogens with one attached hydrogen (secondary N) is 2. The van der Waals surface area contributed by atoms with Crippen molar-refractivity contribution in [3.63, 3.8) is 0 Å². The smallest absolute Gasteiger partial charge is 0.309 e. The van der Waals surface area contributed by atoms with Crippen molar-refractivity contribution in [1.29, 1.82) is 0 Å². The second-order valence-corrected chi connectivity index (χ2v) is 7.70. The summed E-state index contributed by atoms with van der Waals surface area (Å²) in [5.41, 5.74) is 0.997. The Morgan fingerprint density at radius 2 is 2.12 bits per heavy atom. The lowest BCUT2D eigenvalue weighted by Gasteiger charge is -2.60. The third-order valence-electron chi connectivity index (χ3n) is 6.24. The van der Waals surface area contributed by atoms with Crippen molar-refractivity contribution in [3.8, 4) is 0 Å². The summed E-state index contributed by atoms with van der Waals surface area (Å²) in [5.74, 6) is 0.0685. The van der Waals surface area contributed by atoms with Gasteiger partial charge in [0, 0.05) is 11.6 Å². The van der Waals surface area contributed by atoms with E-state index in [1.165, 1.54) is 0 Å². The molecule has 4 aliphatic rings. The van der Waals surface area contributed by atoms with E-state index >= 15 is 0 Å². The first-order valence-electron chi connectivity index (χ1n) is 8.84. The fourth-order valence-electron chi connectivity index (χ4n) is 5.05. The van der Waals surface area contributed by atoms with E-state index < -0.39 is 5.66 Å². The van der Waals surface area contributed by atoms with Gasteiger partial charge in [0.2, 0.25) is 0 Å². The zero-order valence-electron chi connectivity index (χ0n) is 14.2. The third kappa shape index (κ3) is 2.14. The highest BCUT2D eigenvalue weighted by Gasteiger charge is 2.60. The Labute approximate surface area is 142 Å². The normalized spacial score (nSPS) is 36.7. The van der Waals surface area contributed by atoms with Crippen molar-refractivity contribution in [2.45, 2.75) is 45.2 Å². The molecule has 24 heavy (non-hydrogen) atoms. The molecule has 3 unspecified atom stereocenters. The van der Waals surface area contributed by atoms with Crippen LogP contribution in [0, 0.1) is 17.3 Å². The Bertz CT molecular complexity index is 704. The molecule has 0 radical (unpaired) electrons. The van der Waals surface area contributed by atoms with Crippen LogP contribution in [0.3, 0.4) is 0 Å². The molecule has 3 fully saturated rings. The third-order valence-corrected chi connectivity index (χ3v) is 6.24. The second-order valence-electron chi connectivity index (χ2n) is 7.70. The number of rotatable bonds is 2. The maximum Gasteiger partial charge on any atom is 0.309 e. The number of carbonyl (C=O) groups is 2. The standard InChI is InChI=1S/C19H24N2O3/c1-3-24-17(23)14-10-12-8-9-18(14,2)11-19(12)20-15-7-5-4-6-13(15)16(22)21-19/h4-7,12,14,20H,3,8-11H2,1-2H3,(H,21,22)/t12?,14?,18?,19-/m0/s1. The van der Waals surface area contributed by atoms with E-state index in [0.29, 0.717) is 12.2 Å². The fourth-order valence-corrected chi connectivity index (χ4v) is 5.05. The quantitative estimate of drug-likeness (QED) is 0.819. The van der Waals surface area contributed by atoms with Crippen LogP contribution in [-0.2, 0) is 9.53 Å². The molecule has 2 bridgehead atoms. The lowest BCUT2D eigenvalue weighted by atomic mass is 9.51. The predicted molar refractivity (Wildman–Crippen MR) is 90.4 cm³/mol. The van der Waals surface area contributed by atoms with E-state index in [-0.39, 0.29) is 29.1 Å². The van der Waals surface area contributed by atoms with Gasteiger partial charge in [-0.05, 0) is 50.2 Å². The molecule has 5 rings (SSSR count). The summed E-state index contributed by atoms with van der Waals surface area (Å²) in [6.45, 7) is 4.44. The van der Waals surface area contributed by atoms with Crippen LogP contribution >= 0.6 is 0 Å². The molecule has 3 saturated carbocycles. The van der Waals surface area contributed by atoms with Gasteiger partial charge in [-0.3, -0.25) is 9.59 Å². The van der Waals surface area contributed by atoms with Crippen molar-refractivity contribution in [2.24, 2.45) is 17.3 Å². The second kappa shape index (κ2) is 5.23. The van der Waals surface area contributed by atoms with Gasteiger partial charge in [-0.15, -0.1) is 0 Å². The average molecular weight is 328 g/mol. The number of para-hydroxylation sites is 1. The molecule has 5 heteroatoms. The molecule has 1 heterocycles. The van der Waals surface area contributed by atoms with Gasteiger partial charge in [0.25, 0.3) is 5.91 Å². The van der Waals surface area contributed by atoms with Gasteiger partial charge < -0.3 is 15.4 Å². The predicted octanol–water partition coefficient (Wildman–Crippen LogP) is 2.93. The van der Waals surface area contributed by atoms with Crippen LogP contribution in [0.1, 0.15) is 49.9 Å². The number of carbonyl (C=O) groups excluding carboxylic acids is 2. The van der Waals surface area contributed by atoms with Gasteiger partial charge >= 0.3 is 5.97 Å². The summed E-state index contributed by atoms with van der Waals surface area (Å²) in [6, 6.07) is 7.63. The molecule has 3 aliphatic carbocycles. The van der Waals surface area contributed by atoms with Crippen molar-refractivity contribution in [3.05, 3.63) is 29.8 Å². The van der Waals surface area contributed by atoms with Crippen LogP contribution in [0.2, 0.25) is 0 Å². The molecule has 4 atom stereocenters. The van der Waals surface area contributed by atoms with Crippen molar-refractivity contribution in [2.75, 3.05) is 11.9 Å². The maximum atomic E-state index is 12.6. The topological polar surface area (TPSA) is 67.4 Å². The Morgan fingerprint density at radius 1 is 1.33 bits per heavy atom. The molecule has 1 aromatic rings. The monoisotopic (exact) mass is 328 g/mol. The summed E-state index contributed by atoms with van der Waals surface area (Å²) in [5, 5.41) is 6.84. The molecular weight excluding hydrogens is 304 g/mol. The largest absolute Gasteiger partial charge is 0.466 e. The zero-order chi connectivity index (χ0) is 16.9. The molecular formula is C19H24N2O3. The highest BCUT2D eigenvalue weighted by molar-refractivity contribution is 6.02. The summed E-state index contributed by atoms with van der Waals surface area (Å²) in [4.78, 5) is 25.0. The van der Waals surface area contributed by atoms with E-state index in [0.717, 1.165) is 31.4 Å². The van der Waals surface area contributed by atoms with Gasteiger partial charge in [0.05, 0.1) is 18.1 Å². The minimum absolute atomic E-state index is 0.0202.